The third-order valence-corrected chi connectivity index (χ3v) is 6.56. The van der Waals surface area contributed by atoms with Crippen LogP contribution >= 0.6 is 0 Å². The van der Waals surface area contributed by atoms with Gasteiger partial charge in [-0.25, -0.2) is 13.4 Å². The highest BCUT2D eigenvalue weighted by Crippen LogP contribution is 2.27. The minimum atomic E-state index is -3.54. The first-order chi connectivity index (χ1) is 11.9. The Morgan fingerprint density at radius 1 is 1.16 bits per heavy atom. The van der Waals surface area contributed by atoms with Crippen LogP contribution in [0.4, 0.5) is 0 Å². The molecule has 1 aromatic carbocycles. The monoisotopic (exact) mass is 360 g/mol. The summed E-state index contributed by atoms with van der Waals surface area (Å²) < 4.78 is 32.6. The molecule has 1 fully saturated rings. The first-order valence-corrected chi connectivity index (χ1v) is 9.98. The van der Waals surface area contributed by atoms with E-state index in [1.165, 1.54) is 0 Å². The second kappa shape index (κ2) is 7.14. The van der Waals surface area contributed by atoms with E-state index in [0.717, 1.165) is 29.7 Å². The molecule has 134 valence electrons. The maximum absolute atomic E-state index is 12.9. The number of nitrogens with zero attached hydrogens (tertiary/aromatic N) is 2. The number of pyridine rings is 1. The zero-order valence-electron chi connectivity index (χ0n) is 14.9. The van der Waals surface area contributed by atoms with Gasteiger partial charge < -0.3 is 4.74 Å². The van der Waals surface area contributed by atoms with Crippen molar-refractivity contribution in [1.82, 2.24) is 9.29 Å². The highest BCUT2D eigenvalue weighted by molar-refractivity contribution is 7.89. The fraction of sp³-hybridized carbons (Fsp3) is 0.421. The summed E-state index contributed by atoms with van der Waals surface area (Å²) in [6, 6.07) is 10.9. The van der Waals surface area contributed by atoms with Crippen LogP contribution in [0.5, 0.6) is 5.75 Å². The number of hydrogen-bond acceptors (Lipinski definition) is 4. The van der Waals surface area contributed by atoms with Crippen LogP contribution in [0, 0.1) is 12.8 Å². The largest absolute Gasteiger partial charge is 0.496 e. The van der Waals surface area contributed by atoms with Gasteiger partial charge in [0.1, 0.15) is 5.75 Å². The van der Waals surface area contributed by atoms with E-state index >= 15 is 0 Å². The van der Waals surface area contributed by atoms with Crippen molar-refractivity contribution in [2.24, 2.45) is 5.92 Å². The van der Waals surface area contributed by atoms with Crippen molar-refractivity contribution in [3.63, 3.8) is 0 Å². The molecule has 1 aliphatic heterocycles. The van der Waals surface area contributed by atoms with Gasteiger partial charge in [-0.3, -0.25) is 0 Å². The van der Waals surface area contributed by atoms with Crippen molar-refractivity contribution in [3.8, 4) is 17.0 Å². The average molecular weight is 360 g/mol. The summed E-state index contributed by atoms with van der Waals surface area (Å²) in [5, 5.41) is 0.119. The van der Waals surface area contributed by atoms with Crippen LogP contribution in [0.15, 0.2) is 41.4 Å². The van der Waals surface area contributed by atoms with Gasteiger partial charge in [-0.2, -0.15) is 4.31 Å². The molecule has 1 aromatic heterocycles. The zero-order chi connectivity index (χ0) is 18.0. The molecule has 0 unspecified atom stereocenters. The molecule has 0 spiro atoms. The van der Waals surface area contributed by atoms with E-state index in [9.17, 15) is 8.42 Å². The standard InChI is InChI=1S/C19H24N2O3S/c1-14-9-11-21(12-10-14)25(22,23)19-6-4-5-17(20-19)16-7-8-18(24-3)15(2)13-16/h4-8,13-14H,9-12H2,1-3H3. The lowest BCUT2D eigenvalue weighted by molar-refractivity contribution is 0.287. The number of methoxy groups -OCH3 is 1. The number of aromatic nitrogens is 1. The predicted octanol–water partition coefficient (Wildman–Crippen LogP) is 3.49. The van der Waals surface area contributed by atoms with E-state index in [2.05, 4.69) is 11.9 Å². The number of aryl methyl sites for hydroxylation is 1. The summed E-state index contributed by atoms with van der Waals surface area (Å²) >= 11 is 0. The summed E-state index contributed by atoms with van der Waals surface area (Å²) in [5.74, 6) is 1.38. The van der Waals surface area contributed by atoms with E-state index in [0.29, 0.717) is 24.7 Å². The van der Waals surface area contributed by atoms with Crippen molar-refractivity contribution in [3.05, 3.63) is 42.0 Å². The van der Waals surface area contributed by atoms with Crippen LogP contribution in [0.3, 0.4) is 0 Å². The number of piperidine rings is 1. The van der Waals surface area contributed by atoms with Gasteiger partial charge >= 0.3 is 0 Å². The number of hydrogen-bond donors (Lipinski definition) is 0. The molecule has 1 saturated heterocycles. The van der Waals surface area contributed by atoms with Gasteiger partial charge in [-0.15, -0.1) is 0 Å². The maximum atomic E-state index is 12.9. The SMILES string of the molecule is COc1ccc(-c2cccc(S(=O)(=O)N3CCC(C)CC3)n2)cc1C. The Balaban J connectivity index is 1.92. The van der Waals surface area contributed by atoms with Gasteiger partial charge in [0.15, 0.2) is 5.03 Å². The zero-order valence-corrected chi connectivity index (χ0v) is 15.7. The fourth-order valence-corrected chi connectivity index (χ4v) is 4.53. The van der Waals surface area contributed by atoms with Crippen molar-refractivity contribution in [1.29, 1.82) is 0 Å². The van der Waals surface area contributed by atoms with Crippen LogP contribution in [0.25, 0.3) is 11.3 Å². The lowest BCUT2D eigenvalue weighted by atomic mass is 10.0. The van der Waals surface area contributed by atoms with Gasteiger partial charge in [0.05, 0.1) is 12.8 Å². The number of sulfonamides is 1. The second-order valence-electron chi connectivity index (χ2n) is 6.63. The Morgan fingerprint density at radius 2 is 1.88 bits per heavy atom. The second-order valence-corrected chi connectivity index (χ2v) is 8.52. The Kier molecular flexibility index (Phi) is 5.11. The third-order valence-electron chi connectivity index (χ3n) is 4.76. The Morgan fingerprint density at radius 3 is 2.52 bits per heavy atom. The Labute approximate surface area is 149 Å². The summed E-state index contributed by atoms with van der Waals surface area (Å²) in [5.41, 5.74) is 2.51. The molecule has 0 bridgehead atoms. The minimum Gasteiger partial charge on any atom is -0.496 e. The van der Waals surface area contributed by atoms with E-state index < -0.39 is 10.0 Å². The molecule has 0 amide bonds. The molecule has 0 saturated carbocycles. The van der Waals surface area contributed by atoms with E-state index in [1.807, 2.05) is 31.2 Å². The molecular formula is C19H24N2O3S. The molecule has 0 N–H and O–H groups in total. The fourth-order valence-electron chi connectivity index (χ4n) is 3.11. The molecule has 1 aliphatic rings. The topological polar surface area (TPSA) is 59.5 Å². The lowest BCUT2D eigenvalue weighted by Crippen LogP contribution is -2.38. The van der Waals surface area contributed by atoms with Crippen molar-refractivity contribution >= 4 is 10.0 Å². The van der Waals surface area contributed by atoms with Crippen LogP contribution < -0.4 is 4.74 Å². The van der Waals surface area contributed by atoms with Gasteiger partial charge in [-0.05, 0) is 61.6 Å². The van der Waals surface area contributed by atoms with Crippen LogP contribution in [-0.4, -0.2) is 37.9 Å². The van der Waals surface area contributed by atoms with Crippen molar-refractivity contribution in [2.45, 2.75) is 31.7 Å². The van der Waals surface area contributed by atoms with Crippen molar-refractivity contribution in [2.75, 3.05) is 20.2 Å². The Hall–Kier alpha value is -1.92. The molecule has 0 atom stereocenters. The molecule has 0 aliphatic carbocycles. The highest BCUT2D eigenvalue weighted by Gasteiger charge is 2.29. The van der Waals surface area contributed by atoms with Crippen LogP contribution in [-0.2, 0) is 10.0 Å². The average Bonchev–Trinajstić information content (AvgIpc) is 2.62. The normalized spacial score (nSPS) is 16.8. The van der Waals surface area contributed by atoms with E-state index in [-0.39, 0.29) is 5.03 Å². The minimum absolute atomic E-state index is 0.119. The molecule has 25 heavy (non-hydrogen) atoms. The number of rotatable bonds is 4. The summed E-state index contributed by atoms with van der Waals surface area (Å²) in [7, 11) is -1.91. The van der Waals surface area contributed by atoms with Gasteiger partial charge in [0, 0.05) is 18.7 Å². The molecule has 0 radical (unpaired) electrons. The maximum Gasteiger partial charge on any atom is 0.260 e. The van der Waals surface area contributed by atoms with E-state index in [1.54, 1.807) is 23.5 Å². The quantitative estimate of drug-likeness (QED) is 0.837. The molecule has 5 nitrogen and oxygen atoms in total. The molecular weight excluding hydrogens is 336 g/mol. The summed E-state index contributed by atoms with van der Waals surface area (Å²) in [4.78, 5) is 4.44. The molecule has 6 heteroatoms. The van der Waals surface area contributed by atoms with Gasteiger partial charge in [0.2, 0.25) is 0 Å². The van der Waals surface area contributed by atoms with Crippen LogP contribution in [0.1, 0.15) is 25.3 Å². The van der Waals surface area contributed by atoms with Crippen LogP contribution in [0.2, 0.25) is 0 Å². The third kappa shape index (κ3) is 3.70. The Bertz CT molecular complexity index is 857. The molecule has 2 aromatic rings. The first-order valence-electron chi connectivity index (χ1n) is 8.54. The number of ether oxygens (including phenoxy) is 1. The summed E-state index contributed by atoms with van der Waals surface area (Å²) in [6.07, 6.45) is 1.80. The highest BCUT2D eigenvalue weighted by atomic mass is 32.2. The lowest BCUT2D eigenvalue weighted by Gasteiger charge is -2.29. The van der Waals surface area contributed by atoms with Gasteiger partial charge in [-0.1, -0.05) is 13.0 Å². The summed E-state index contributed by atoms with van der Waals surface area (Å²) in [6.45, 7) is 5.25. The predicted molar refractivity (Wildman–Crippen MR) is 98.1 cm³/mol. The smallest absolute Gasteiger partial charge is 0.260 e. The van der Waals surface area contributed by atoms with E-state index in [4.69, 9.17) is 4.74 Å². The first kappa shape index (κ1) is 17.9. The van der Waals surface area contributed by atoms with Crippen molar-refractivity contribution < 1.29 is 13.2 Å². The number of benzene rings is 1. The molecule has 2 heterocycles. The molecule has 3 rings (SSSR count). The van der Waals surface area contributed by atoms with Gasteiger partial charge in [0.25, 0.3) is 10.0 Å².